The van der Waals surface area contributed by atoms with Crippen LogP contribution in [0.3, 0.4) is 0 Å². The first kappa shape index (κ1) is 63.0. The average molecular weight is 1050 g/mol. The van der Waals surface area contributed by atoms with Gasteiger partial charge in [0.25, 0.3) is 0 Å². The molecule has 18 nitrogen and oxygen atoms in total. The number of esters is 1. The van der Waals surface area contributed by atoms with Gasteiger partial charge in [-0.15, -0.1) is 0 Å². The van der Waals surface area contributed by atoms with Gasteiger partial charge in [-0.3, -0.25) is 24.0 Å². The van der Waals surface area contributed by atoms with E-state index in [4.69, 9.17) is 52.0 Å². The fourth-order valence-corrected chi connectivity index (χ4v) is 8.42. The van der Waals surface area contributed by atoms with Crippen molar-refractivity contribution in [2.45, 2.75) is 160 Å². The Morgan fingerprint density at radius 2 is 1.06 bits per heavy atom. The van der Waals surface area contributed by atoms with Crippen molar-refractivity contribution in [1.82, 2.24) is 21.3 Å². The number of carboxylic acid groups (broad SMARTS) is 2. The molecular formula is C51H82Cl2N4O14. The van der Waals surface area contributed by atoms with Crippen LogP contribution in [0.25, 0.3) is 0 Å². The predicted molar refractivity (Wildman–Crippen MR) is 269 cm³/mol. The van der Waals surface area contributed by atoms with E-state index in [1.165, 1.54) is 76.3 Å². The molecule has 1 aromatic carbocycles. The number of carbonyl (C=O) groups excluding carboxylic acids is 5. The van der Waals surface area contributed by atoms with Crippen molar-refractivity contribution >= 4 is 64.7 Å². The van der Waals surface area contributed by atoms with E-state index in [2.05, 4.69) is 21.3 Å². The summed E-state index contributed by atoms with van der Waals surface area (Å²) in [5.41, 5.74) is 0. The Morgan fingerprint density at radius 3 is 1.59 bits per heavy atom. The Hall–Kier alpha value is -4.07. The first-order valence-corrected chi connectivity index (χ1v) is 26.6. The maximum Gasteiger partial charge on any atom is 0.337 e. The van der Waals surface area contributed by atoms with E-state index < -0.39 is 23.9 Å². The minimum Gasteiger partial charge on any atom is -0.481 e. The molecule has 0 saturated heterocycles. The predicted octanol–water partition coefficient (Wildman–Crippen LogP) is 7.58. The summed E-state index contributed by atoms with van der Waals surface area (Å²) in [4.78, 5) is 84.1. The number of amides is 4. The number of unbranched alkanes of at least 4 members (excludes halogenated alkanes) is 15. The molecule has 1 saturated carbocycles. The summed E-state index contributed by atoms with van der Waals surface area (Å²) in [7, 11) is 0. The average Bonchev–Trinajstić information content (AvgIpc) is 3.34. The van der Waals surface area contributed by atoms with Crippen LogP contribution in [0, 0.1) is 11.8 Å². The third kappa shape index (κ3) is 34.9. The van der Waals surface area contributed by atoms with Crippen LogP contribution in [0.15, 0.2) is 18.2 Å². The third-order valence-corrected chi connectivity index (χ3v) is 12.6. The summed E-state index contributed by atoms with van der Waals surface area (Å²) in [5.74, 6) is -3.36. The van der Waals surface area contributed by atoms with Gasteiger partial charge in [0.2, 0.25) is 23.6 Å². The molecule has 1 atom stereocenters. The number of ether oxygens (including phenoxy) is 5. The quantitative estimate of drug-likeness (QED) is 0.0209. The minimum atomic E-state index is -1.21. The normalized spacial score (nSPS) is 14.8. The third-order valence-electron chi connectivity index (χ3n) is 12.1. The number of nitrogens with one attached hydrogen (secondary N) is 4. The van der Waals surface area contributed by atoms with Gasteiger partial charge in [0.15, 0.2) is 0 Å². The van der Waals surface area contributed by atoms with Gasteiger partial charge < -0.3 is 55.2 Å². The number of carboxylic acids is 2. The lowest BCUT2D eigenvalue weighted by Crippen LogP contribution is -2.45. The summed E-state index contributed by atoms with van der Waals surface area (Å²) in [6.45, 7) is 1.60. The number of aliphatic carboxylic acids is 2. The highest BCUT2D eigenvalue weighted by molar-refractivity contribution is 6.35. The molecule has 0 unspecified atom stereocenters. The Balaban J connectivity index is 1.37. The van der Waals surface area contributed by atoms with Crippen LogP contribution in [-0.4, -0.2) is 130 Å². The number of benzene rings is 1. The zero-order valence-corrected chi connectivity index (χ0v) is 43.3. The Kier molecular flexibility index (Phi) is 36.8. The van der Waals surface area contributed by atoms with E-state index in [1.54, 1.807) is 6.07 Å². The summed E-state index contributed by atoms with van der Waals surface area (Å²) >= 11 is 11.8. The maximum atomic E-state index is 13.0. The molecule has 0 aromatic heterocycles. The Bertz CT molecular complexity index is 1680. The summed E-state index contributed by atoms with van der Waals surface area (Å²) < 4.78 is 26.4. The van der Waals surface area contributed by atoms with E-state index in [1.807, 2.05) is 0 Å². The molecule has 0 aliphatic heterocycles. The molecule has 0 spiro atoms. The molecule has 20 heteroatoms. The van der Waals surface area contributed by atoms with E-state index in [-0.39, 0.29) is 131 Å². The summed E-state index contributed by atoms with van der Waals surface area (Å²) in [5, 5.41) is 30.0. The number of rotatable bonds is 44. The molecule has 0 bridgehead atoms. The number of carbonyl (C=O) groups is 7. The van der Waals surface area contributed by atoms with Crippen molar-refractivity contribution in [1.29, 1.82) is 0 Å². The number of halogens is 2. The summed E-state index contributed by atoms with van der Waals surface area (Å²) in [6.07, 6.45) is 22.1. The lowest BCUT2D eigenvalue weighted by Gasteiger charge is -2.28. The molecule has 4 amide bonds. The first-order chi connectivity index (χ1) is 34.3. The van der Waals surface area contributed by atoms with Gasteiger partial charge in [-0.1, -0.05) is 113 Å². The molecule has 404 valence electrons. The molecule has 71 heavy (non-hydrogen) atoms. The van der Waals surface area contributed by atoms with Crippen LogP contribution in [-0.2, 0) is 52.5 Å². The monoisotopic (exact) mass is 1040 g/mol. The van der Waals surface area contributed by atoms with E-state index in [9.17, 15) is 38.7 Å². The van der Waals surface area contributed by atoms with Crippen LogP contribution in [0.5, 0.6) is 5.75 Å². The highest BCUT2D eigenvalue weighted by Gasteiger charge is 2.30. The van der Waals surface area contributed by atoms with Gasteiger partial charge in [-0.25, -0.2) is 9.59 Å². The highest BCUT2D eigenvalue weighted by atomic mass is 35.5. The topological polar surface area (TPSA) is 254 Å². The number of hydrogen-bond acceptors (Lipinski definition) is 12. The van der Waals surface area contributed by atoms with Gasteiger partial charge in [0.05, 0.1) is 44.7 Å². The smallest absolute Gasteiger partial charge is 0.337 e. The molecule has 6 N–H and O–H groups in total. The van der Waals surface area contributed by atoms with Gasteiger partial charge in [-0.2, -0.15) is 0 Å². The van der Waals surface area contributed by atoms with Gasteiger partial charge in [0, 0.05) is 49.8 Å². The zero-order valence-electron chi connectivity index (χ0n) is 41.8. The van der Waals surface area contributed by atoms with Crippen LogP contribution in [0.4, 0.5) is 0 Å². The lowest BCUT2D eigenvalue weighted by atomic mass is 9.81. The largest absolute Gasteiger partial charge is 0.481 e. The first-order valence-electron chi connectivity index (χ1n) is 25.9. The van der Waals surface area contributed by atoms with Gasteiger partial charge in [0.1, 0.15) is 25.0 Å². The fourth-order valence-electron chi connectivity index (χ4n) is 7.97. The second-order valence-electron chi connectivity index (χ2n) is 18.1. The highest BCUT2D eigenvalue weighted by Crippen LogP contribution is 2.29. The lowest BCUT2D eigenvalue weighted by molar-refractivity contribution is -0.143. The summed E-state index contributed by atoms with van der Waals surface area (Å²) in [6, 6.07) is 3.29. The van der Waals surface area contributed by atoms with Crippen LogP contribution in [0.2, 0.25) is 10.0 Å². The molecule has 0 radical (unpaired) electrons. The SMILES string of the molecule is O=C(O)CCCCCCCCCCCCCCCCCCC(=O)NC[C@H]1CC[C@H](C(=O)N[C@@H](CCC(=O)NCCOCCOCC(=O)NCCOCCOCC(=O)Oc2ccc(Cl)cc2Cl)C(=O)O)CC1. The van der Waals surface area contributed by atoms with Gasteiger partial charge >= 0.3 is 17.9 Å². The van der Waals surface area contributed by atoms with Crippen molar-refractivity contribution in [3.63, 3.8) is 0 Å². The van der Waals surface area contributed by atoms with Crippen molar-refractivity contribution in [2.75, 3.05) is 72.5 Å². The Labute approximate surface area is 430 Å². The molecule has 2 rings (SSSR count). The van der Waals surface area contributed by atoms with Crippen LogP contribution < -0.4 is 26.0 Å². The molecule has 1 aromatic rings. The minimum absolute atomic E-state index is 0.0598. The van der Waals surface area contributed by atoms with Crippen molar-refractivity contribution < 1.29 is 67.5 Å². The van der Waals surface area contributed by atoms with E-state index in [0.717, 1.165) is 51.4 Å². The second kappa shape index (κ2) is 41.4. The fraction of sp³-hybridized carbons (Fsp3) is 0.745. The van der Waals surface area contributed by atoms with Gasteiger partial charge in [-0.05, 0) is 69.1 Å². The molecule has 1 fully saturated rings. The van der Waals surface area contributed by atoms with Crippen molar-refractivity contribution in [3.05, 3.63) is 28.2 Å². The molecule has 0 heterocycles. The number of hydrogen-bond donors (Lipinski definition) is 6. The zero-order chi connectivity index (χ0) is 51.7. The standard InChI is InChI=1S/C51H82Cl2N4O14/c52-41-23-25-44(42(53)35-41)71-49(63)38-70-34-32-68-30-28-55-47(60)37-69-33-31-67-29-27-54-46(59)26-24-43(51(65)66)57-50(64)40-21-19-39(20-22-40)36-56-45(58)17-15-13-11-9-7-5-3-1-2-4-6-8-10-12-14-16-18-48(61)62/h23,25,35,39-40,43H,1-22,24,26-34,36-38H2,(H,54,59)(H,55,60)(H,56,58)(H,57,64)(H,61,62)(H,65,66)/t39-,40-,43-/m0/s1. The molecule has 1 aliphatic carbocycles. The van der Waals surface area contributed by atoms with E-state index >= 15 is 0 Å². The molecular weight excluding hydrogens is 963 g/mol. The van der Waals surface area contributed by atoms with Crippen LogP contribution >= 0.6 is 23.2 Å². The van der Waals surface area contributed by atoms with Crippen LogP contribution in [0.1, 0.15) is 154 Å². The Morgan fingerprint density at radius 1 is 0.563 bits per heavy atom. The van der Waals surface area contributed by atoms with Crippen molar-refractivity contribution in [3.8, 4) is 5.75 Å². The second-order valence-corrected chi connectivity index (χ2v) is 18.9. The maximum absolute atomic E-state index is 13.0. The van der Waals surface area contributed by atoms with Crippen molar-refractivity contribution in [2.24, 2.45) is 11.8 Å². The van der Waals surface area contributed by atoms with E-state index in [0.29, 0.717) is 30.8 Å². The molecule has 1 aliphatic rings.